The van der Waals surface area contributed by atoms with Crippen LogP contribution in [0.1, 0.15) is 18.1 Å². The van der Waals surface area contributed by atoms with Crippen molar-refractivity contribution in [2.75, 3.05) is 36.5 Å². The fourth-order valence-electron chi connectivity index (χ4n) is 3.67. The Balaban J connectivity index is 1.82. The normalized spacial score (nSPS) is 22.7. The molecule has 0 aliphatic carbocycles. The minimum Gasteiger partial charge on any atom is -0.378 e. The number of hydrogen-bond donors (Lipinski definition) is 2. The number of benzene rings is 1. The molecular formula is C20H23ClI2N6O. The maximum absolute atomic E-state index is 6.60. The van der Waals surface area contributed by atoms with E-state index in [1.807, 2.05) is 30.5 Å². The van der Waals surface area contributed by atoms with Crippen LogP contribution in [-0.4, -0.2) is 56.6 Å². The van der Waals surface area contributed by atoms with E-state index < -0.39 is 0 Å². The number of nitrogens with two attached hydrogens (primary N) is 1. The number of morpholine rings is 1. The van der Waals surface area contributed by atoms with Crippen LogP contribution in [0.25, 0.3) is 0 Å². The number of hydrogen-bond acceptors (Lipinski definition) is 7. The molecule has 2 aliphatic rings. The summed E-state index contributed by atoms with van der Waals surface area (Å²) in [6, 6.07) is 9.76. The minimum absolute atomic E-state index is 0.104. The Morgan fingerprint density at radius 1 is 1.27 bits per heavy atom. The first-order valence-corrected chi connectivity index (χ1v) is 12.0. The lowest BCUT2D eigenvalue weighted by molar-refractivity contribution is 0.122. The summed E-state index contributed by atoms with van der Waals surface area (Å²) in [6.45, 7) is 5.17. The van der Waals surface area contributed by atoms with E-state index in [9.17, 15) is 0 Å². The minimum atomic E-state index is -0.356. The van der Waals surface area contributed by atoms with E-state index in [0.29, 0.717) is 18.2 Å². The zero-order valence-electron chi connectivity index (χ0n) is 16.4. The highest BCUT2D eigenvalue weighted by atomic mass is 127. The Hall–Kier alpha value is -0.730. The van der Waals surface area contributed by atoms with Gasteiger partial charge in [0.1, 0.15) is 11.9 Å². The summed E-state index contributed by atoms with van der Waals surface area (Å²) in [6.07, 6.45) is 1.52. The highest BCUT2D eigenvalue weighted by Crippen LogP contribution is 2.32. The van der Waals surface area contributed by atoms with Crippen molar-refractivity contribution in [1.82, 2.24) is 6.31 Å². The first kappa shape index (κ1) is 22.5. The van der Waals surface area contributed by atoms with Crippen molar-refractivity contribution in [2.45, 2.75) is 25.2 Å². The third-order valence-electron chi connectivity index (χ3n) is 5.38. The van der Waals surface area contributed by atoms with Gasteiger partial charge in [-0.1, -0.05) is 29.8 Å². The van der Waals surface area contributed by atoms with Crippen molar-refractivity contribution in [3.05, 3.63) is 52.7 Å². The van der Waals surface area contributed by atoms with Crippen LogP contribution < -0.4 is 16.0 Å². The van der Waals surface area contributed by atoms with Crippen molar-refractivity contribution in [2.24, 2.45) is 10.7 Å². The van der Waals surface area contributed by atoms with Gasteiger partial charge in [0.2, 0.25) is 0 Å². The monoisotopic (exact) mass is 652 g/mol. The summed E-state index contributed by atoms with van der Waals surface area (Å²) in [5, 5.41) is 4.15. The van der Waals surface area contributed by atoms with Gasteiger partial charge >= 0.3 is 0 Å². The molecule has 1 aromatic carbocycles. The first-order valence-electron chi connectivity index (χ1n) is 9.74. The second-order valence-electron chi connectivity index (χ2n) is 7.31. The fourth-order valence-corrected chi connectivity index (χ4v) is 4.56. The van der Waals surface area contributed by atoms with E-state index in [4.69, 9.17) is 32.0 Å². The smallest absolute Gasteiger partial charge is 0.130 e. The number of pyridine rings is 1. The van der Waals surface area contributed by atoms with Crippen molar-refractivity contribution >= 4 is 74.5 Å². The molecule has 3 heterocycles. The Bertz CT molecular complexity index is 937. The maximum atomic E-state index is 6.60. The van der Waals surface area contributed by atoms with Gasteiger partial charge < -0.3 is 20.7 Å². The number of halogens is 3. The molecule has 30 heavy (non-hydrogen) atoms. The van der Waals surface area contributed by atoms with Gasteiger partial charge in [0.25, 0.3) is 0 Å². The van der Waals surface area contributed by atoms with Gasteiger partial charge in [-0.15, -0.1) is 0 Å². The van der Waals surface area contributed by atoms with Crippen LogP contribution in [0.15, 0.2) is 41.5 Å². The lowest BCUT2D eigenvalue weighted by atomic mass is 10.0. The van der Waals surface area contributed by atoms with Crippen LogP contribution in [0.4, 0.5) is 11.5 Å². The number of aromatic nitrogens is 1. The predicted molar refractivity (Wildman–Crippen MR) is 139 cm³/mol. The van der Waals surface area contributed by atoms with Crippen molar-refractivity contribution in [3.8, 4) is 0 Å². The largest absolute Gasteiger partial charge is 0.378 e. The summed E-state index contributed by atoms with van der Waals surface area (Å²) in [5.41, 5.74) is 10.1. The average molecular weight is 653 g/mol. The van der Waals surface area contributed by atoms with Gasteiger partial charge in [0.05, 0.1) is 36.8 Å². The zero-order valence-corrected chi connectivity index (χ0v) is 21.5. The Morgan fingerprint density at radius 3 is 2.70 bits per heavy atom. The Labute approximate surface area is 209 Å². The fraction of sp³-hybridized carbons (Fsp3) is 0.400. The van der Waals surface area contributed by atoms with Gasteiger partial charge in [-0.3, -0.25) is 4.99 Å². The molecule has 0 radical (unpaired) electrons. The van der Waals surface area contributed by atoms with Crippen LogP contribution in [0.3, 0.4) is 0 Å². The molecule has 0 amide bonds. The van der Waals surface area contributed by atoms with Crippen molar-refractivity contribution in [1.29, 1.82) is 0 Å². The van der Waals surface area contributed by atoms with Gasteiger partial charge in [-0.2, -0.15) is 1.33 Å². The molecule has 4 rings (SSSR count). The van der Waals surface area contributed by atoms with Crippen LogP contribution in [-0.2, 0) is 4.74 Å². The van der Waals surface area contributed by atoms with Crippen molar-refractivity contribution < 1.29 is 4.74 Å². The Kier molecular flexibility index (Phi) is 7.35. The molecule has 7 nitrogen and oxygen atoms in total. The molecule has 2 aliphatic heterocycles. The van der Waals surface area contributed by atoms with Crippen LogP contribution in [0, 0.1) is 0 Å². The van der Waals surface area contributed by atoms with E-state index in [0.717, 1.165) is 41.4 Å². The molecule has 0 saturated carbocycles. The van der Waals surface area contributed by atoms with Crippen LogP contribution in [0.2, 0.25) is 5.02 Å². The molecule has 160 valence electrons. The number of aliphatic imine (C=N–C) groups is 1. The standard InChI is InChI=1S/C20H23ClI2N6O/c1-12(29(22)23)18-20(24)26-16-10-17(28-6-8-30-9-7-28)25-11-14(16)19(27-18)13-4-2-3-5-15(13)21/h2-5,10-12,18,20,26H,6-9,24H2,1H3. The second-order valence-corrected chi connectivity index (χ2v) is 11.6. The Morgan fingerprint density at radius 2 is 2.00 bits per heavy atom. The van der Waals surface area contributed by atoms with Gasteiger partial charge in [0, 0.05) is 87.2 Å². The second kappa shape index (κ2) is 9.82. The SMILES string of the molecule is CC(C1N=C(c2ccccc2Cl)c2cnc(N3CCOCC3)cc2NC1N)N(I)I. The van der Waals surface area contributed by atoms with Crippen LogP contribution in [0.5, 0.6) is 0 Å². The van der Waals surface area contributed by atoms with Crippen LogP contribution >= 0.6 is 57.3 Å². The third kappa shape index (κ3) is 4.70. The summed E-state index contributed by atoms with van der Waals surface area (Å²) in [4.78, 5) is 12.1. The molecule has 3 unspecified atom stereocenters. The van der Waals surface area contributed by atoms with E-state index in [-0.39, 0.29) is 18.2 Å². The number of fused-ring (bicyclic) bond motifs is 1. The highest BCUT2D eigenvalue weighted by Gasteiger charge is 2.32. The molecule has 1 saturated heterocycles. The number of ether oxygens (including phenoxy) is 1. The lowest BCUT2D eigenvalue weighted by Gasteiger charge is -2.29. The van der Waals surface area contributed by atoms with Gasteiger partial charge in [-0.25, -0.2) is 4.98 Å². The van der Waals surface area contributed by atoms with Crippen molar-refractivity contribution in [3.63, 3.8) is 0 Å². The quantitative estimate of drug-likeness (QED) is 0.386. The van der Waals surface area contributed by atoms with E-state index in [2.05, 4.69) is 70.3 Å². The van der Waals surface area contributed by atoms with E-state index in [1.165, 1.54) is 0 Å². The molecular weight excluding hydrogens is 630 g/mol. The number of rotatable bonds is 4. The highest BCUT2D eigenvalue weighted by molar-refractivity contribution is 14.2. The maximum Gasteiger partial charge on any atom is 0.130 e. The molecule has 10 heteroatoms. The number of nitrogens with zero attached hydrogens (tertiary/aromatic N) is 4. The first-order chi connectivity index (χ1) is 14.5. The molecule has 1 aromatic heterocycles. The summed E-state index contributed by atoms with van der Waals surface area (Å²) < 4.78 is 7.55. The topological polar surface area (TPSA) is 79.0 Å². The predicted octanol–water partition coefficient (Wildman–Crippen LogP) is 3.88. The van der Waals surface area contributed by atoms with Gasteiger partial charge in [-0.05, 0) is 13.0 Å². The molecule has 0 bridgehead atoms. The molecule has 3 atom stereocenters. The molecule has 2 aromatic rings. The number of anilines is 2. The molecule has 0 spiro atoms. The molecule has 3 N–H and O–H groups in total. The van der Waals surface area contributed by atoms with E-state index >= 15 is 0 Å². The zero-order chi connectivity index (χ0) is 21.3. The average Bonchev–Trinajstić information content (AvgIpc) is 2.89. The van der Waals surface area contributed by atoms with E-state index in [1.54, 1.807) is 0 Å². The summed E-state index contributed by atoms with van der Waals surface area (Å²) >= 11 is 11.1. The summed E-state index contributed by atoms with van der Waals surface area (Å²) in [5.74, 6) is 0.908. The summed E-state index contributed by atoms with van der Waals surface area (Å²) in [7, 11) is 0. The van der Waals surface area contributed by atoms with Gasteiger partial charge in [0.15, 0.2) is 0 Å². The lowest BCUT2D eigenvalue weighted by Crippen LogP contribution is -2.48. The number of nitrogens with one attached hydrogen (secondary N) is 1. The molecule has 1 fully saturated rings. The third-order valence-corrected chi connectivity index (χ3v) is 7.47.